The lowest BCUT2D eigenvalue weighted by Crippen LogP contribution is -2.34. The summed E-state index contributed by atoms with van der Waals surface area (Å²) in [6.45, 7) is 6.75. The van der Waals surface area contributed by atoms with Crippen LogP contribution >= 0.6 is 0 Å². The van der Waals surface area contributed by atoms with Gasteiger partial charge in [-0.3, -0.25) is 4.79 Å². The largest absolute Gasteiger partial charge is 0.466 e. The van der Waals surface area contributed by atoms with E-state index in [1.54, 1.807) is 6.20 Å². The molecule has 0 unspecified atom stereocenters. The number of carbonyl (C=O) groups is 1. The number of amides is 1. The summed E-state index contributed by atoms with van der Waals surface area (Å²) in [5.41, 5.74) is 6.27. The maximum atomic E-state index is 13.7. The van der Waals surface area contributed by atoms with Gasteiger partial charge in [-0.1, -0.05) is 11.2 Å². The van der Waals surface area contributed by atoms with Crippen molar-refractivity contribution < 1.29 is 13.7 Å². The summed E-state index contributed by atoms with van der Waals surface area (Å²) >= 11 is 0. The highest BCUT2D eigenvalue weighted by Crippen LogP contribution is 2.33. The molecule has 1 amide bonds. The van der Waals surface area contributed by atoms with Crippen molar-refractivity contribution in [2.45, 2.75) is 27.2 Å². The summed E-state index contributed by atoms with van der Waals surface area (Å²) in [7, 11) is 0. The van der Waals surface area contributed by atoms with E-state index in [0.29, 0.717) is 41.1 Å². The van der Waals surface area contributed by atoms with Gasteiger partial charge in [-0.15, -0.1) is 0 Å². The predicted molar refractivity (Wildman–Crippen MR) is 128 cm³/mol. The average Bonchev–Trinajstić information content (AvgIpc) is 3.54. The quantitative estimate of drug-likeness (QED) is 0.402. The van der Waals surface area contributed by atoms with Gasteiger partial charge >= 0.3 is 0 Å². The molecule has 170 valence electrons. The number of fused-ring (bicyclic) bond motifs is 2. The van der Waals surface area contributed by atoms with Crippen molar-refractivity contribution in [2.24, 2.45) is 0 Å². The predicted octanol–water partition coefficient (Wildman–Crippen LogP) is 5.21. The fourth-order valence-corrected chi connectivity index (χ4v) is 4.78. The third-order valence-electron chi connectivity index (χ3n) is 6.46. The standard InChI is InChI=1S/C26H23N5O3/c1-14-11-19(16(3)33-14)22-12-20(23-15(2)30-34-25(23)29-22)26(32)31-9-6-17(7-10-31)21-13-28-24-18(21)5-4-8-27-24/h4-6,8,11-13H,7,9-10H2,1-3H3,(H,27,28). The van der Waals surface area contributed by atoms with Crippen molar-refractivity contribution in [1.29, 1.82) is 0 Å². The molecule has 0 fully saturated rings. The number of aromatic nitrogens is 4. The summed E-state index contributed by atoms with van der Waals surface area (Å²) in [6.07, 6.45) is 6.66. The second-order valence-electron chi connectivity index (χ2n) is 8.66. The summed E-state index contributed by atoms with van der Waals surface area (Å²) in [5.74, 6) is 1.48. The number of rotatable bonds is 3. The molecular weight excluding hydrogens is 430 g/mol. The third-order valence-corrected chi connectivity index (χ3v) is 6.46. The maximum absolute atomic E-state index is 13.7. The Bertz CT molecular complexity index is 1600. The van der Waals surface area contributed by atoms with E-state index < -0.39 is 0 Å². The molecule has 5 aromatic rings. The van der Waals surface area contributed by atoms with E-state index in [9.17, 15) is 4.79 Å². The molecule has 34 heavy (non-hydrogen) atoms. The number of carbonyl (C=O) groups excluding carboxylic acids is 1. The monoisotopic (exact) mass is 453 g/mol. The number of hydrogen-bond acceptors (Lipinski definition) is 6. The fourth-order valence-electron chi connectivity index (χ4n) is 4.78. The second-order valence-corrected chi connectivity index (χ2v) is 8.66. The summed E-state index contributed by atoms with van der Waals surface area (Å²) in [6, 6.07) is 7.76. The Morgan fingerprint density at radius 3 is 2.82 bits per heavy atom. The Hall–Kier alpha value is -4.20. The molecule has 0 atom stereocenters. The number of furan rings is 1. The first-order chi connectivity index (χ1) is 16.5. The third kappa shape index (κ3) is 3.22. The average molecular weight is 454 g/mol. The smallest absolute Gasteiger partial charge is 0.259 e. The molecule has 0 bridgehead atoms. The summed E-state index contributed by atoms with van der Waals surface area (Å²) in [5, 5.41) is 5.82. The Balaban J connectivity index is 1.36. The highest BCUT2D eigenvalue weighted by atomic mass is 16.5. The first-order valence-corrected chi connectivity index (χ1v) is 11.2. The van der Waals surface area contributed by atoms with Crippen molar-refractivity contribution in [3.63, 3.8) is 0 Å². The first-order valence-electron chi connectivity index (χ1n) is 11.2. The van der Waals surface area contributed by atoms with Gasteiger partial charge in [0.25, 0.3) is 11.6 Å². The van der Waals surface area contributed by atoms with Crippen LogP contribution in [0.1, 0.15) is 39.6 Å². The zero-order chi connectivity index (χ0) is 23.4. The number of nitrogens with one attached hydrogen (secondary N) is 1. The molecule has 0 aliphatic carbocycles. The molecule has 0 saturated carbocycles. The molecule has 1 N–H and O–H groups in total. The zero-order valence-corrected chi connectivity index (χ0v) is 19.2. The van der Waals surface area contributed by atoms with Crippen LogP contribution in [0.25, 0.3) is 39.0 Å². The molecule has 8 nitrogen and oxygen atoms in total. The van der Waals surface area contributed by atoms with Crippen LogP contribution in [-0.2, 0) is 0 Å². The lowest BCUT2D eigenvalue weighted by atomic mass is 9.98. The van der Waals surface area contributed by atoms with Gasteiger partial charge in [0.2, 0.25) is 0 Å². The number of pyridine rings is 2. The Labute approximate surface area is 195 Å². The fraction of sp³-hybridized carbons (Fsp3) is 0.231. The number of hydrogen-bond donors (Lipinski definition) is 1. The Morgan fingerprint density at radius 1 is 1.18 bits per heavy atom. The van der Waals surface area contributed by atoms with Gasteiger partial charge in [-0.2, -0.15) is 0 Å². The topological polar surface area (TPSA) is 101 Å². The molecular formula is C26H23N5O3. The van der Waals surface area contributed by atoms with Crippen LogP contribution < -0.4 is 0 Å². The van der Waals surface area contributed by atoms with Crippen molar-refractivity contribution >= 4 is 33.6 Å². The molecule has 0 spiro atoms. The van der Waals surface area contributed by atoms with Gasteiger partial charge in [0, 0.05) is 42.0 Å². The molecule has 1 aliphatic heterocycles. The number of nitrogens with zero attached hydrogens (tertiary/aromatic N) is 4. The second kappa shape index (κ2) is 7.69. The molecule has 0 saturated heterocycles. The van der Waals surface area contributed by atoms with E-state index in [0.717, 1.165) is 40.1 Å². The number of aryl methyl sites for hydroxylation is 3. The van der Waals surface area contributed by atoms with Crippen LogP contribution in [0.4, 0.5) is 0 Å². The van der Waals surface area contributed by atoms with Crippen LogP contribution in [-0.4, -0.2) is 44.0 Å². The van der Waals surface area contributed by atoms with E-state index in [-0.39, 0.29) is 5.91 Å². The van der Waals surface area contributed by atoms with Gasteiger partial charge < -0.3 is 18.8 Å². The van der Waals surface area contributed by atoms with Gasteiger partial charge in [-0.05, 0) is 57.0 Å². The maximum Gasteiger partial charge on any atom is 0.259 e. The van der Waals surface area contributed by atoms with E-state index in [1.807, 2.05) is 50.1 Å². The normalized spacial score (nSPS) is 14.2. The van der Waals surface area contributed by atoms with Crippen molar-refractivity contribution in [1.82, 2.24) is 25.0 Å². The number of H-pyrrole nitrogens is 1. The Kier molecular flexibility index (Phi) is 4.62. The van der Waals surface area contributed by atoms with Gasteiger partial charge in [0.15, 0.2) is 0 Å². The first kappa shape index (κ1) is 20.4. The minimum Gasteiger partial charge on any atom is -0.466 e. The molecule has 0 radical (unpaired) electrons. The summed E-state index contributed by atoms with van der Waals surface area (Å²) in [4.78, 5) is 27.8. The molecule has 0 aromatic carbocycles. The van der Waals surface area contributed by atoms with E-state index in [4.69, 9.17) is 8.94 Å². The van der Waals surface area contributed by atoms with Crippen LogP contribution in [0.3, 0.4) is 0 Å². The summed E-state index contributed by atoms with van der Waals surface area (Å²) < 4.78 is 11.1. The lowest BCUT2D eigenvalue weighted by molar-refractivity contribution is 0.0774. The van der Waals surface area contributed by atoms with Crippen LogP contribution in [0.2, 0.25) is 0 Å². The van der Waals surface area contributed by atoms with Crippen LogP contribution in [0.5, 0.6) is 0 Å². The minimum atomic E-state index is -0.0614. The SMILES string of the molecule is Cc1cc(-c2cc(C(=O)N3CC=C(c4c[nH]c5ncccc45)CC3)c3c(C)noc3n2)c(C)o1. The zero-order valence-electron chi connectivity index (χ0n) is 19.2. The van der Waals surface area contributed by atoms with Crippen LogP contribution in [0, 0.1) is 20.8 Å². The van der Waals surface area contributed by atoms with Crippen molar-refractivity contribution in [2.75, 3.05) is 13.1 Å². The van der Waals surface area contributed by atoms with Crippen molar-refractivity contribution in [3.05, 3.63) is 71.1 Å². The molecule has 5 aromatic heterocycles. The molecule has 1 aliphatic rings. The van der Waals surface area contributed by atoms with E-state index >= 15 is 0 Å². The Morgan fingerprint density at radius 2 is 2.06 bits per heavy atom. The minimum absolute atomic E-state index is 0.0614. The highest BCUT2D eigenvalue weighted by Gasteiger charge is 2.26. The van der Waals surface area contributed by atoms with Crippen LogP contribution in [0.15, 0.2) is 51.7 Å². The van der Waals surface area contributed by atoms with Gasteiger partial charge in [0.05, 0.1) is 22.3 Å². The highest BCUT2D eigenvalue weighted by molar-refractivity contribution is 6.07. The molecule has 6 rings (SSSR count). The lowest BCUT2D eigenvalue weighted by Gasteiger charge is -2.27. The number of aromatic amines is 1. The van der Waals surface area contributed by atoms with E-state index in [1.165, 1.54) is 5.57 Å². The van der Waals surface area contributed by atoms with E-state index in [2.05, 4.69) is 32.3 Å². The van der Waals surface area contributed by atoms with Crippen molar-refractivity contribution in [3.8, 4) is 11.3 Å². The van der Waals surface area contributed by atoms with Gasteiger partial charge in [-0.25, -0.2) is 9.97 Å². The molecule has 8 heteroatoms. The molecule has 6 heterocycles. The van der Waals surface area contributed by atoms with Gasteiger partial charge in [0.1, 0.15) is 17.2 Å².